The van der Waals surface area contributed by atoms with E-state index >= 15 is 0 Å². The van der Waals surface area contributed by atoms with E-state index in [1.165, 1.54) is 0 Å². The largest absolute Gasteiger partial charge is 0.489 e. The number of aliphatic hydroxyl groups is 1. The van der Waals surface area contributed by atoms with Gasteiger partial charge in [-0.3, -0.25) is 0 Å². The average molecular weight is 486 g/mol. The lowest BCUT2D eigenvalue weighted by Gasteiger charge is -2.22. The first-order valence-electron chi connectivity index (χ1n) is 10.9. The molecule has 2 aromatic carbocycles. The molecule has 13 nitrogen and oxygen atoms in total. The van der Waals surface area contributed by atoms with Crippen LogP contribution in [0.3, 0.4) is 0 Å². The van der Waals surface area contributed by atoms with Gasteiger partial charge in [-0.1, -0.05) is 0 Å². The van der Waals surface area contributed by atoms with Crippen molar-refractivity contribution in [1.29, 1.82) is 16.3 Å². The molecule has 2 heterocycles. The van der Waals surface area contributed by atoms with Crippen LogP contribution in [-0.2, 0) is 6.61 Å². The number of nitrogens with two attached hydrogens (primary N) is 2. The Hall–Kier alpha value is -4.96. The number of β-amino-alcohol motifs (C(OH)–C–C–N with tert-alkyl or cyclic N) is 1. The van der Waals surface area contributed by atoms with Gasteiger partial charge in [-0.15, -0.1) is 10.2 Å². The molecule has 0 bridgehead atoms. The minimum atomic E-state index is -0.482. The Labute approximate surface area is 205 Å². The lowest BCUT2D eigenvalue weighted by atomic mass is 10.0. The number of ether oxygens (including phenoxy) is 1. The van der Waals surface area contributed by atoms with Gasteiger partial charge >= 0.3 is 0 Å². The molecule has 1 saturated heterocycles. The second-order valence-electron chi connectivity index (χ2n) is 8.00. The van der Waals surface area contributed by atoms with E-state index < -0.39 is 6.10 Å². The summed E-state index contributed by atoms with van der Waals surface area (Å²) >= 11 is 0. The van der Waals surface area contributed by atoms with Crippen molar-refractivity contribution in [1.82, 2.24) is 4.98 Å². The van der Waals surface area contributed by atoms with Crippen LogP contribution < -0.4 is 21.3 Å². The van der Waals surface area contributed by atoms with Gasteiger partial charge in [-0.25, -0.2) is 16.0 Å². The number of hydrogen-bond acceptors (Lipinski definition) is 11. The fraction of sp³-hybridized carbons (Fsp3) is 0.217. The zero-order valence-corrected chi connectivity index (χ0v) is 19.1. The highest BCUT2D eigenvalue weighted by Crippen LogP contribution is 2.33. The number of hydrazone groups is 2. The number of benzene rings is 2. The normalized spacial score (nSPS) is 16.1. The van der Waals surface area contributed by atoms with Gasteiger partial charge in [0.05, 0.1) is 23.3 Å². The van der Waals surface area contributed by atoms with Crippen molar-refractivity contribution in [2.75, 3.05) is 18.0 Å². The number of fused-ring (bicyclic) bond motifs is 1. The summed E-state index contributed by atoms with van der Waals surface area (Å²) in [6, 6.07) is 13.9. The summed E-state index contributed by atoms with van der Waals surface area (Å²) < 4.78 is 5.91. The van der Waals surface area contributed by atoms with Crippen molar-refractivity contribution in [3.8, 4) is 11.8 Å². The summed E-state index contributed by atoms with van der Waals surface area (Å²) in [6.07, 6.45) is 0.116. The maximum atomic E-state index is 10.1. The van der Waals surface area contributed by atoms with E-state index in [1.807, 2.05) is 4.90 Å². The third-order valence-corrected chi connectivity index (χ3v) is 5.82. The maximum Gasteiger partial charge on any atom is 0.218 e. The Morgan fingerprint density at radius 2 is 1.86 bits per heavy atom. The summed E-state index contributed by atoms with van der Waals surface area (Å²) in [6.45, 7) is 1.08. The maximum absolute atomic E-state index is 10.1. The number of rotatable bonds is 6. The lowest BCUT2D eigenvalue weighted by molar-refractivity contribution is 0.198. The van der Waals surface area contributed by atoms with Gasteiger partial charge in [-0.2, -0.15) is 15.5 Å². The standard InChI is InChI=1S/C23H23N11O2/c24-10-13-1-3-16(4-2-13)36-12-14-7-19-18(8-17(14)22(30-25)31-26)21(34-6-5-15(35)11-34)9-20(29-19)23(32-27)33-28/h1-4,7-9,15,25,27,35H,5-6,11-12,26,28H2. The molecule has 1 aliphatic heterocycles. The zero-order valence-electron chi connectivity index (χ0n) is 19.1. The molecule has 182 valence electrons. The average Bonchev–Trinajstić information content (AvgIpc) is 3.34. The molecule has 7 N–H and O–H groups in total. The third kappa shape index (κ3) is 4.79. The number of amidine groups is 2. The molecule has 1 aliphatic rings. The minimum Gasteiger partial charge on any atom is -0.489 e. The topological polar surface area (TPSA) is 219 Å². The fourth-order valence-electron chi connectivity index (χ4n) is 4.06. The quantitative estimate of drug-likeness (QED) is 0.115. The molecule has 0 aliphatic carbocycles. The van der Waals surface area contributed by atoms with Crippen LogP contribution in [0.2, 0.25) is 0 Å². The van der Waals surface area contributed by atoms with Crippen LogP contribution >= 0.6 is 0 Å². The number of pyridine rings is 1. The van der Waals surface area contributed by atoms with Crippen molar-refractivity contribution in [3.05, 3.63) is 64.8 Å². The van der Waals surface area contributed by atoms with Gasteiger partial charge in [-0.05, 0) is 48.9 Å². The highest BCUT2D eigenvalue weighted by molar-refractivity contribution is 6.07. The zero-order chi connectivity index (χ0) is 25.7. The second-order valence-corrected chi connectivity index (χ2v) is 8.00. The van der Waals surface area contributed by atoms with Crippen molar-refractivity contribution < 1.29 is 9.84 Å². The van der Waals surface area contributed by atoms with Gasteiger partial charge < -0.3 is 26.4 Å². The van der Waals surface area contributed by atoms with Gasteiger partial charge in [0.25, 0.3) is 0 Å². The SMILES string of the molecule is N#Cc1ccc(OCc2cc3nc(C(N=N)=NN)cc(N4CCC(O)C4)c3cc2C(N=N)=NN)cc1. The molecule has 1 fully saturated rings. The molecular formula is C23H23N11O2. The summed E-state index contributed by atoms with van der Waals surface area (Å²) in [5.41, 5.74) is 18.1. The first kappa shape index (κ1) is 24.2. The Morgan fingerprint density at radius 1 is 1.14 bits per heavy atom. The first-order chi connectivity index (χ1) is 17.5. The number of nitrogens with one attached hydrogen (secondary N) is 2. The van der Waals surface area contributed by atoms with Gasteiger partial charge in [0.1, 0.15) is 18.1 Å². The number of nitrogens with zero attached hydrogens (tertiary/aromatic N) is 7. The minimum absolute atomic E-state index is 0.00261. The molecule has 1 atom stereocenters. The Bertz CT molecular complexity index is 1410. The summed E-state index contributed by atoms with van der Waals surface area (Å²) in [5.74, 6) is 11.4. The van der Waals surface area contributed by atoms with Crippen LogP contribution in [0.25, 0.3) is 10.9 Å². The first-order valence-corrected chi connectivity index (χ1v) is 10.9. The van der Waals surface area contributed by atoms with Crippen LogP contribution in [-0.4, -0.2) is 41.0 Å². The van der Waals surface area contributed by atoms with E-state index in [-0.39, 0.29) is 18.3 Å². The number of hydrogen-bond donors (Lipinski definition) is 5. The predicted octanol–water partition coefficient (Wildman–Crippen LogP) is 2.56. The van der Waals surface area contributed by atoms with E-state index in [0.717, 1.165) is 5.69 Å². The molecule has 4 rings (SSSR count). The number of anilines is 1. The van der Waals surface area contributed by atoms with Crippen LogP contribution in [0.5, 0.6) is 5.75 Å². The van der Waals surface area contributed by atoms with Crippen LogP contribution in [0.4, 0.5) is 5.69 Å². The van der Waals surface area contributed by atoms with E-state index in [0.29, 0.717) is 58.5 Å². The number of aliphatic hydroxyl groups excluding tert-OH is 1. The highest BCUT2D eigenvalue weighted by Gasteiger charge is 2.25. The molecule has 3 aromatic rings. The Kier molecular flexibility index (Phi) is 7.07. The van der Waals surface area contributed by atoms with Crippen LogP contribution in [0.15, 0.2) is 62.9 Å². The van der Waals surface area contributed by atoms with Gasteiger partial charge in [0, 0.05) is 35.3 Å². The van der Waals surface area contributed by atoms with Crippen LogP contribution in [0, 0.1) is 22.4 Å². The molecule has 36 heavy (non-hydrogen) atoms. The number of nitriles is 1. The summed E-state index contributed by atoms with van der Waals surface area (Å²) in [4.78, 5) is 6.59. The second kappa shape index (κ2) is 10.5. The predicted molar refractivity (Wildman–Crippen MR) is 132 cm³/mol. The molecule has 13 heteroatoms. The van der Waals surface area contributed by atoms with Crippen molar-refractivity contribution in [3.63, 3.8) is 0 Å². The molecule has 0 saturated carbocycles. The van der Waals surface area contributed by atoms with Crippen molar-refractivity contribution in [2.45, 2.75) is 19.1 Å². The summed E-state index contributed by atoms with van der Waals surface area (Å²) in [7, 11) is 0. The molecule has 1 aromatic heterocycles. The molecule has 1 unspecified atom stereocenters. The smallest absolute Gasteiger partial charge is 0.218 e. The van der Waals surface area contributed by atoms with Crippen LogP contribution in [0.1, 0.15) is 28.8 Å². The van der Waals surface area contributed by atoms with E-state index in [9.17, 15) is 5.11 Å². The molecular weight excluding hydrogens is 462 g/mol. The highest BCUT2D eigenvalue weighted by atomic mass is 16.5. The third-order valence-electron chi connectivity index (χ3n) is 5.82. The van der Waals surface area contributed by atoms with Crippen molar-refractivity contribution in [2.24, 2.45) is 32.1 Å². The lowest BCUT2D eigenvalue weighted by Crippen LogP contribution is -2.22. The van der Waals surface area contributed by atoms with E-state index in [2.05, 4.69) is 31.5 Å². The van der Waals surface area contributed by atoms with Gasteiger partial charge in [0.2, 0.25) is 5.84 Å². The Balaban J connectivity index is 1.87. The monoisotopic (exact) mass is 485 g/mol. The van der Waals surface area contributed by atoms with Gasteiger partial charge in [0.15, 0.2) is 5.84 Å². The number of aromatic nitrogens is 1. The van der Waals surface area contributed by atoms with E-state index in [1.54, 1.807) is 42.5 Å². The van der Waals surface area contributed by atoms with Crippen molar-refractivity contribution >= 4 is 28.3 Å². The summed E-state index contributed by atoms with van der Waals surface area (Å²) in [5, 5.41) is 33.9. The molecule has 0 spiro atoms. The molecule has 0 amide bonds. The molecule has 0 radical (unpaired) electrons. The van der Waals surface area contributed by atoms with E-state index in [4.69, 9.17) is 32.7 Å². The fourth-order valence-corrected chi connectivity index (χ4v) is 4.06. The Morgan fingerprint density at radius 3 is 2.44 bits per heavy atom.